The van der Waals surface area contributed by atoms with Crippen molar-refractivity contribution >= 4 is 11.6 Å². The fraction of sp³-hybridized carbons (Fsp3) is 0.367. The Kier molecular flexibility index (Phi) is 10.8. The first-order chi connectivity index (χ1) is 17.0. The zero-order valence-corrected chi connectivity index (χ0v) is 21.3. The molecule has 1 N–H and O–H groups in total. The van der Waals surface area contributed by atoms with Gasteiger partial charge in [-0.1, -0.05) is 93.6 Å². The summed E-state index contributed by atoms with van der Waals surface area (Å²) in [4.78, 5) is 22.2. The number of amides is 1. The lowest BCUT2D eigenvalue weighted by Gasteiger charge is -2.36. The fourth-order valence-corrected chi connectivity index (χ4v) is 3.81. The van der Waals surface area contributed by atoms with Crippen molar-refractivity contribution in [1.29, 1.82) is 0 Å². The summed E-state index contributed by atoms with van der Waals surface area (Å²) in [5.41, 5.74) is 7.67. The van der Waals surface area contributed by atoms with E-state index >= 15 is 0 Å². The second-order valence-electron chi connectivity index (χ2n) is 9.43. The maximum atomic E-state index is 12.5. The quantitative estimate of drug-likeness (QED) is 0.333. The Morgan fingerprint density at radius 1 is 0.800 bits per heavy atom. The highest BCUT2D eigenvalue weighted by Crippen LogP contribution is 2.23. The molecule has 186 valence electrons. The van der Waals surface area contributed by atoms with Crippen molar-refractivity contribution in [3.05, 3.63) is 90.5 Å². The number of hydroxylamine groups is 1. The van der Waals surface area contributed by atoms with Gasteiger partial charge in [0.1, 0.15) is 0 Å². The van der Waals surface area contributed by atoms with Crippen LogP contribution in [0, 0.1) is 5.92 Å². The number of anilines is 1. The Hall–Kier alpha value is -3.15. The molecule has 0 aromatic heterocycles. The van der Waals surface area contributed by atoms with Gasteiger partial charge in [0.15, 0.2) is 0 Å². The van der Waals surface area contributed by atoms with Crippen molar-refractivity contribution in [2.24, 2.45) is 5.92 Å². The number of carbonyl (C=O) groups excluding carboxylic acids is 1. The van der Waals surface area contributed by atoms with E-state index in [1.54, 1.807) is 0 Å². The predicted molar refractivity (Wildman–Crippen MR) is 145 cm³/mol. The van der Waals surface area contributed by atoms with Crippen molar-refractivity contribution in [3.63, 3.8) is 0 Å². The number of benzene rings is 3. The molecule has 3 aromatic carbocycles. The van der Waals surface area contributed by atoms with Gasteiger partial charge in [0.25, 0.3) is 0 Å². The number of carbonyl (C=O) groups is 1. The lowest BCUT2D eigenvalue weighted by atomic mass is 10.1. The number of nitrogens with one attached hydrogen (secondary N) is 1. The van der Waals surface area contributed by atoms with Gasteiger partial charge in [-0.15, -0.1) is 0 Å². The molecule has 5 heteroatoms. The topological polar surface area (TPSA) is 44.8 Å². The standard InChI is InChI=1S/C26H29N3O2.C4H10/c30-26(15-16-27-31-21-22-7-3-1-4-8-22)29-19-17-28(18-20-29)25-13-11-24(12-14-25)23-9-5-2-6-10-23;1-4(2)3/h1-14,27H,15-21H2;4H,1-3H3. The highest BCUT2D eigenvalue weighted by molar-refractivity contribution is 5.76. The second kappa shape index (κ2) is 14.3. The molecule has 1 heterocycles. The van der Waals surface area contributed by atoms with Crippen LogP contribution in [0.15, 0.2) is 84.9 Å². The van der Waals surface area contributed by atoms with Crippen LogP contribution in [0.5, 0.6) is 0 Å². The molecule has 0 bridgehead atoms. The first-order valence-electron chi connectivity index (χ1n) is 12.6. The molecule has 0 spiro atoms. The molecule has 1 aliphatic rings. The van der Waals surface area contributed by atoms with E-state index in [2.05, 4.69) is 79.7 Å². The van der Waals surface area contributed by atoms with Crippen LogP contribution < -0.4 is 10.4 Å². The minimum Gasteiger partial charge on any atom is -0.368 e. The third kappa shape index (κ3) is 9.19. The molecule has 0 radical (unpaired) electrons. The summed E-state index contributed by atoms with van der Waals surface area (Å²) in [6, 6.07) is 29.1. The highest BCUT2D eigenvalue weighted by Gasteiger charge is 2.21. The molecule has 0 aliphatic carbocycles. The Labute approximate surface area is 210 Å². The van der Waals surface area contributed by atoms with Gasteiger partial charge in [-0.3, -0.25) is 9.63 Å². The number of rotatable bonds is 8. The van der Waals surface area contributed by atoms with E-state index in [1.807, 2.05) is 41.3 Å². The van der Waals surface area contributed by atoms with Gasteiger partial charge in [-0.05, 0) is 34.7 Å². The van der Waals surface area contributed by atoms with Gasteiger partial charge in [0.2, 0.25) is 5.91 Å². The summed E-state index contributed by atoms with van der Waals surface area (Å²) >= 11 is 0. The second-order valence-corrected chi connectivity index (χ2v) is 9.43. The zero-order valence-electron chi connectivity index (χ0n) is 21.3. The lowest BCUT2D eigenvalue weighted by molar-refractivity contribution is -0.132. The first-order valence-corrected chi connectivity index (χ1v) is 12.6. The smallest absolute Gasteiger partial charge is 0.224 e. The SMILES string of the molecule is CC(C)C.O=C(CCNOCc1ccccc1)N1CCN(c2ccc(-c3ccccc3)cc2)CC1. The van der Waals surface area contributed by atoms with Crippen molar-refractivity contribution in [2.45, 2.75) is 33.8 Å². The third-order valence-corrected chi connectivity index (χ3v) is 5.60. The molecule has 0 saturated carbocycles. The maximum Gasteiger partial charge on any atom is 0.224 e. The molecule has 3 aromatic rings. The Balaban J connectivity index is 0.000000795. The number of hydrogen-bond donors (Lipinski definition) is 1. The van der Waals surface area contributed by atoms with Crippen molar-refractivity contribution in [3.8, 4) is 11.1 Å². The zero-order chi connectivity index (χ0) is 24.9. The lowest BCUT2D eigenvalue weighted by Crippen LogP contribution is -2.49. The predicted octanol–water partition coefficient (Wildman–Crippen LogP) is 5.78. The van der Waals surface area contributed by atoms with Crippen molar-refractivity contribution in [1.82, 2.24) is 10.4 Å². The van der Waals surface area contributed by atoms with Gasteiger partial charge >= 0.3 is 0 Å². The van der Waals surface area contributed by atoms with Crippen LogP contribution in [0.25, 0.3) is 11.1 Å². The summed E-state index contributed by atoms with van der Waals surface area (Å²) in [5, 5.41) is 0. The number of nitrogens with zero attached hydrogens (tertiary/aromatic N) is 2. The van der Waals surface area contributed by atoms with Gasteiger partial charge in [-0.2, -0.15) is 0 Å². The highest BCUT2D eigenvalue weighted by atomic mass is 16.6. The van der Waals surface area contributed by atoms with Crippen LogP contribution in [0.2, 0.25) is 0 Å². The summed E-state index contributed by atoms with van der Waals surface area (Å²) < 4.78 is 0. The monoisotopic (exact) mass is 473 g/mol. The summed E-state index contributed by atoms with van der Waals surface area (Å²) in [5.74, 6) is 1.01. The average Bonchev–Trinajstić information content (AvgIpc) is 2.89. The first kappa shape index (κ1) is 26.5. The van der Waals surface area contributed by atoms with Crippen LogP contribution in [0.4, 0.5) is 5.69 Å². The van der Waals surface area contributed by atoms with Crippen LogP contribution in [-0.4, -0.2) is 43.5 Å². The molecular formula is C30H39N3O2. The Morgan fingerprint density at radius 3 is 1.94 bits per heavy atom. The maximum absolute atomic E-state index is 12.5. The van der Waals surface area contributed by atoms with Gasteiger partial charge in [0.05, 0.1) is 6.61 Å². The van der Waals surface area contributed by atoms with E-state index < -0.39 is 0 Å². The van der Waals surface area contributed by atoms with E-state index in [4.69, 9.17) is 4.84 Å². The van der Waals surface area contributed by atoms with E-state index in [0.717, 1.165) is 37.7 Å². The van der Waals surface area contributed by atoms with Crippen LogP contribution in [0.3, 0.4) is 0 Å². The molecule has 1 amide bonds. The van der Waals surface area contributed by atoms with E-state index in [-0.39, 0.29) is 5.91 Å². The molecule has 35 heavy (non-hydrogen) atoms. The van der Waals surface area contributed by atoms with Crippen LogP contribution in [-0.2, 0) is 16.2 Å². The molecule has 1 fully saturated rings. The summed E-state index contributed by atoms with van der Waals surface area (Å²) in [6.45, 7) is 10.7. The molecule has 1 aliphatic heterocycles. The average molecular weight is 474 g/mol. The van der Waals surface area contributed by atoms with E-state index in [1.165, 1.54) is 16.8 Å². The Morgan fingerprint density at radius 2 is 1.34 bits per heavy atom. The number of hydrogen-bond acceptors (Lipinski definition) is 4. The molecule has 4 rings (SSSR count). The van der Waals surface area contributed by atoms with Crippen LogP contribution in [0.1, 0.15) is 32.8 Å². The normalized spacial score (nSPS) is 13.4. The summed E-state index contributed by atoms with van der Waals surface area (Å²) in [7, 11) is 0. The van der Waals surface area contributed by atoms with Crippen LogP contribution >= 0.6 is 0 Å². The van der Waals surface area contributed by atoms with E-state index in [0.29, 0.717) is 19.6 Å². The fourth-order valence-electron chi connectivity index (χ4n) is 3.81. The molecule has 5 nitrogen and oxygen atoms in total. The van der Waals surface area contributed by atoms with Crippen molar-refractivity contribution < 1.29 is 9.63 Å². The van der Waals surface area contributed by atoms with E-state index in [9.17, 15) is 4.79 Å². The summed E-state index contributed by atoms with van der Waals surface area (Å²) in [6.07, 6.45) is 0.445. The third-order valence-electron chi connectivity index (χ3n) is 5.60. The molecular weight excluding hydrogens is 434 g/mol. The molecule has 0 unspecified atom stereocenters. The van der Waals surface area contributed by atoms with Gasteiger partial charge < -0.3 is 9.80 Å². The Bertz CT molecular complexity index is 980. The largest absolute Gasteiger partial charge is 0.368 e. The number of piperazine rings is 1. The molecule has 1 saturated heterocycles. The van der Waals surface area contributed by atoms with Crippen molar-refractivity contribution in [2.75, 3.05) is 37.6 Å². The molecule has 0 atom stereocenters. The van der Waals surface area contributed by atoms with Gasteiger partial charge in [0, 0.05) is 44.8 Å². The minimum atomic E-state index is 0.176. The van der Waals surface area contributed by atoms with Gasteiger partial charge in [-0.25, -0.2) is 5.48 Å². The minimum absolute atomic E-state index is 0.176.